The van der Waals surface area contributed by atoms with Gasteiger partial charge in [0, 0.05) is 12.6 Å². The first-order valence-electron chi connectivity index (χ1n) is 10.6. The summed E-state index contributed by atoms with van der Waals surface area (Å²) in [5.74, 6) is 1.70. The minimum Gasteiger partial charge on any atom is -0.486 e. The number of hydrogen-bond donors (Lipinski definition) is 1. The molecule has 2 heterocycles. The van der Waals surface area contributed by atoms with Gasteiger partial charge in [-0.05, 0) is 68.1 Å². The van der Waals surface area contributed by atoms with Crippen LogP contribution in [0.25, 0.3) is 0 Å². The Morgan fingerprint density at radius 2 is 1.83 bits per heavy atom. The largest absolute Gasteiger partial charge is 0.486 e. The first-order chi connectivity index (χ1) is 14.2. The standard InChI is InChI=1S/C24H30N2O3/c1-18-6-2-3-7-20(18)16-24(27)25-21(17-26-10-4-5-11-26)14-19-8-9-22-23(15-19)29-13-12-28-22/h2-3,6-9,15,21H,4-5,10-14,16-17H2,1H3,(H,25,27)/t21-/m0/s1. The average Bonchev–Trinajstić information content (AvgIpc) is 3.22. The van der Waals surface area contributed by atoms with E-state index in [1.165, 1.54) is 12.8 Å². The normalized spacial score (nSPS) is 17.1. The van der Waals surface area contributed by atoms with Crippen LogP contribution in [0.1, 0.15) is 29.5 Å². The molecule has 2 aliphatic heterocycles. The lowest BCUT2D eigenvalue weighted by Gasteiger charge is -2.25. The van der Waals surface area contributed by atoms with Crippen LogP contribution in [0.4, 0.5) is 0 Å². The maximum Gasteiger partial charge on any atom is 0.224 e. The highest BCUT2D eigenvalue weighted by molar-refractivity contribution is 5.79. The first kappa shape index (κ1) is 19.8. The molecular formula is C24H30N2O3. The monoisotopic (exact) mass is 394 g/mol. The van der Waals surface area contributed by atoms with Crippen LogP contribution in [0.2, 0.25) is 0 Å². The van der Waals surface area contributed by atoms with Crippen molar-refractivity contribution in [3.63, 3.8) is 0 Å². The minimum atomic E-state index is 0.0761. The molecule has 1 N–H and O–H groups in total. The Hall–Kier alpha value is -2.53. The number of nitrogens with zero attached hydrogens (tertiary/aromatic N) is 1. The van der Waals surface area contributed by atoms with Crippen molar-refractivity contribution in [1.29, 1.82) is 0 Å². The van der Waals surface area contributed by atoms with Crippen molar-refractivity contribution in [2.75, 3.05) is 32.8 Å². The van der Waals surface area contributed by atoms with Crippen LogP contribution in [-0.2, 0) is 17.6 Å². The quantitative estimate of drug-likeness (QED) is 0.784. The zero-order chi connectivity index (χ0) is 20.1. The Balaban J connectivity index is 1.44. The second-order valence-electron chi connectivity index (χ2n) is 8.06. The predicted molar refractivity (Wildman–Crippen MR) is 114 cm³/mol. The van der Waals surface area contributed by atoms with E-state index in [9.17, 15) is 4.79 Å². The molecule has 29 heavy (non-hydrogen) atoms. The third kappa shape index (κ3) is 5.30. The molecule has 2 aromatic carbocycles. The number of aryl methyl sites for hydroxylation is 1. The molecule has 154 valence electrons. The number of hydrogen-bond acceptors (Lipinski definition) is 4. The second kappa shape index (κ2) is 9.31. The van der Waals surface area contributed by atoms with Crippen LogP contribution < -0.4 is 14.8 Å². The van der Waals surface area contributed by atoms with E-state index in [0.717, 1.165) is 54.2 Å². The highest BCUT2D eigenvalue weighted by Gasteiger charge is 2.21. The summed E-state index contributed by atoms with van der Waals surface area (Å²) >= 11 is 0. The maximum absolute atomic E-state index is 12.8. The lowest BCUT2D eigenvalue weighted by molar-refractivity contribution is -0.121. The van der Waals surface area contributed by atoms with Crippen LogP contribution in [0, 0.1) is 6.92 Å². The Morgan fingerprint density at radius 3 is 2.62 bits per heavy atom. The Bertz CT molecular complexity index is 846. The number of amides is 1. The molecule has 0 spiro atoms. The van der Waals surface area contributed by atoms with Crippen LogP contribution >= 0.6 is 0 Å². The van der Waals surface area contributed by atoms with E-state index in [1.54, 1.807) is 0 Å². The summed E-state index contributed by atoms with van der Waals surface area (Å²) < 4.78 is 11.4. The summed E-state index contributed by atoms with van der Waals surface area (Å²) in [6.07, 6.45) is 3.69. The summed E-state index contributed by atoms with van der Waals surface area (Å²) in [7, 11) is 0. The van der Waals surface area contributed by atoms with E-state index in [1.807, 2.05) is 24.3 Å². The number of fused-ring (bicyclic) bond motifs is 1. The second-order valence-corrected chi connectivity index (χ2v) is 8.06. The number of benzene rings is 2. The Morgan fingerprint density at radius 1 is 1.07 bits per heavy atom. The summed E-state index contributed by atoms with van der Waals surface area (Å²) in [4.78, 5) is 15.3. The van der Waals surface area contributed by atoms with E-state index in [4.69, 9.17) is 9.47 Å². The van der Waals surface area contributed by atoms with E-state index < -0.39 is 0 Å². The molecule has 1 fully saturated rings. The molecular weight excluding hydrogens is 364 g/mol. The molecule has 0 aliphatic carbocycles. The molecule has 1 saturated heterocycles. The summed E-state index contributed by atoms with van der Waals surface area (Å²) in [5.41, 5.74) is 3.41. The van der Waals surface area contributed by atoms with Crippen LogP contribution in [0.15, 0.2) is 42.5 Å². The zero-order valence-electron chi connectivity index (χ0n) is 17.2. The fourth-order valence-electron chi connectivity index (χ4n) is 4.20. The van der Waals surface area contributed by atoms with Gasteiger partial charge in [0.05, 0.1) is 6.42 Å². The number of nitrogens with one attached hydrogen (secondary N) is 1. The van der Waals surface area contributed by atoms with Crippen molar-refractivity contribution < 1.29 is 14.3 Å². The van der Waals surface area contributed by atoms with E-state index in [-0.39, 0.29) is 11.9 Å². The summed E-state index contributed by atoms with van der Waals surface area (Å²) in [6, 6.07) is 14.3. The van der Waals surface area contributed by atoms with Gasteiger partial charge in [-0.2, -0.15) is 0 Å². The SMILES string of the molecule is Cc1ccccc1CC(=O)N[C@@H](Cc1ccc2c(c1)OCCO2)CN1CCCC1. The number of carbonyl (C=O) groups is 1. The molecule has 1 atom stereocenters. The van der Waals surface area contributed by atoms with Gasteiger partial charge in [-0.1, -0.05) is 30.3 Å². The number of ether oxygens (including phenoxy) is 2. The lowest BCUT2D eigenvalue weighted by Crippen LogP contribution is -2.45. The molecule has 2 aromatic rings. The number of rotatable bonds is 7. The molecule has 5 nitrogen and oxygen atoms in total. The summed E-state index contributed by atoms with van der Waals surface area (Å²) in [6.45, 7) is 6.35. The average molecular weight is 395 g/mol. The molecule has 5 heteroatoms. The van der Waals surface area contributed by atoms with E-state index >= 15 is 0 Å². The summed E-state index contributed by atoms with van der Waals surface area (Å²) in [5, 5.41) is 3.30. The van der Waals surface area contributed by atoms with Gasteiger partial charge in [-0.3, -0.25) is 4.79 Å². The molecule has 0 bridgehead atoms. The van der Waals surface area contributed by atoms with Gasteiger partial charge in [0.1, 0.15) is 13.2 Å². The van der Waals surface area contributed by atoms with Crippen LogP contribution in [0.3, 0.4) is 0 Å². The van der Waals surface area contributed by atoms with Gasteiger partial charge in [0.2, 0.25) is 5.91 Å². The first-order valence-corrected chi connectivity index (χ1v) is 10.6. The molecule has 0 aromatic heterocycles. The maximum atomic E-state index is 12.8. The smallest absolute Gasteiger partial charge is 0.224 e. The molecule has 0 unspecified atom stereocenters. The van der Waals surface area contributed by atoms with Gasteiger partial charge < -0.3 is 19.7 Å². The molecule has 1 amide bonds. The number of carbonyl (C=O) groups excluding carboxylic acids is 1. The van der Waals surface area contributed by atoms with Gasteiger partial charge in [-0.15, -0.1) is 0 Å². The molecule has 2 aliphatic rings. The molecule has 0 radical (unpaired) electrons. The highest BCUT2D eigenvalue weighted by Crippen LogP contribution is 2.31. The lowest BCUT2D eigenvalue weighted by atomic mass is 10.0. The van der Waals surface area contributed by atoms with Crippen molar-refractivity contribution in [2.45, 2.75) is 38.6 Å². The van der Waals surface area contributed by atoms with Crippen LogP contribution in [0.5, 0.6) is 11.5 Å². The van der Waals surface area contributed by atoms with Crippen molar-refractivity contribution in [1.82, 2.24) is 10.2 Å². The third-order valence-corrected chi connectivity index (χ3v) is 5.74. The predicted octanol–water partition coefficient (Wildman–Crippen LogP) is 3.13. The van der Waals surface area contributed by atoms with Gasteiger partial charge in [0.15, 0.2) is 11.5 Å². The highest BCUT2D eigenvalue weighted by atomic mass is 16.6. The van der Waals surface area contributed by atoms with E-state index in [0.29, 0.717) is 19.6 Å². The topological polar surface area (TPSA) is 50.8 Å². The fourth-order valence-corrected chi connectivity index (χ4v) is 4.20. The van der Waals surface area contributed by atoms with Crippen molar-refractivity contribution in [3.8, 4) is 11.5 Å². The van der Waals surface area contributed by atoms with Gasteiger partial charge >= 0.3 is 0 Å². The minimum absolute atomic E-state index is 0.0761. The van der Waals surface area contributed by atoms with E-state index in [2.05, 4.69) is 35.3 Å². The fraction of sp³-hybridized carbons (Fsp3) is 0.458. The zero-order valence-corrected chi connectivity index (χ0v) is 17.2. The van der Waals surface area contributed by atoms with Crippen molar-refractivity contribution in [2.24, 2.45) is 0 Å². The van der Waals surface area contributed by atoms with Gasteiger partial charge in [0.25, 0.3) is 0 Å². The Kier molecular flexibility index (Phi) is 6.35. The third-order valence-electron chi connectivity index (χ3n) is 5.74. The van der Waals surface area contributed by atoms with Crippen molar-refractivity contribution >= 4 is 5.91 Å². The van der Waals surface area contributed by atoms with Crippen LogP contribution in [-0.4, -0.2) is 49.7 Å². The number of likely N-dealkylation sites (tertiary alicyclic amines) is 1. The molecule has 0 saturated carbocycles. The van der Waals surface area contributed by atoms with Gasteiger partial charge in [-0.25, -0.2) is 0 Å². The molecule has 4 rings (SSSR count). The van der Waals surface area contributed by atoms with Crippen molar-refractivity contribution in [3.05, 3.63) is 59.2 Å². The Labute approximate surface area is 173 Å².